The topological polar surface area (TPSA) is 38.3 Å². The molecular weight excluding hydrogens is 366 g/mol. The molecule has 22 heavy (non-hydrogen) atoms. The highest BCUT2D eigenvalue weighted by molar-refractivity contribution is 9.10. The molecule has 0 amide bonds. The van der Waals surface area contributed by atoms with E-state index < -0.39 is 0 Å². The predicted octanol–water partition coefficient (Wildman–Crippen LogP) is 5.22. The average molecular weight is 385 g/mol. The SMILES string of the molecule is CCOC(=O)c1cccc(NC(C)c2cccc(Br)c2)c1.Cl. The van der Waals surface area contributed by atoms with Crippen molar-refractivity contribution in [2.45, 2.75) is 19.9 Å². The Morgan fingerprint density at radius 3 is 2.64 bits per heavy atom. The van der Waals surface area contributed by atoms with Gasteiger partial charge in [-0.25, -0.2) is 4.79 Å². The van der Waals surface area contributed by atoms with E-state index >= 15 is 0 Å². The Morgan fingerprint density at radius 1 is 1.23 bits per heavy atom. The smallest absolute Gasteiger partial charge is 0.338 e. The summed E-state index contributed by atoms with van der Waals surface area (Å²) in [4.78, 5) is 11.7. The number of carbonyl (C=O) groups excluding carboxylic acids is 1. The number of nitrogens with one attached hydrogen (secondary N) is 1. The third-order valence-electron chi connectivity index (χ3n) is 3.11. The van der Waals surface area contributed by atoms with E-state index in [2.05, 4.69) is 40.3 Å². The second-order valence-corrected chi connectivity index (χ2v) is 5.64. The Kier molecular flexibility index (Phi) is 7.42. The number of carbonyl (C=O) groups is 1. The molecule has 2 aromatic carbocycles. The number of hydrogen-bond donors (Lipinski definition) is 1. The second kappa shape index (κ2) is 8.81. The van der Waals surface area contributed by atoms with Gasteiger partial charge in [0, 0.05) is 16.2 Å². The molecule has 0 aromatic heterocycles. The van der Waals surface area contributed by atoms with Gasteiger partial charge in [-0.05, 0) is 49.7 Å². The molecule has 0 aliphatic carbocycles. The molecule has 0 saturated carbocycles. The van der Waals surface area contributed by atoms with E-state index in [1.54, 1.807) is 13.0 Å². The lowest BCUT2D eigenvalue weighted by Gasteiger charge is -2.16. The van der Waals surface area contributed by atoms with E-state index in [0.29, 0.717) is 12.2 Å². The third kappa shape index (κ3) is 5.04. The van der Waals surface area contributed by atoms with E-state index in [4.69, 9.17) is 4.74 Å². The van der Waals surface area contributed by atoms with Crippen LogP contribution < -0.4 is 5.32 Å². The van der Waals surface area contributed by atoms with Gasteiger partial charge in [-0.3, -0.25) is 0 Å². The zero-order valence-electron chi connectivity index (χ0n) is 12.5. The minimum Gasteiger partial charge on any atom is -0.462 e. The summed E-state index contributed by atoms with van der Waals surface area (Å²) < 4.78 is 6.07. The van der Waals surface area contributed by atoms with E-state index in [-0.39, 0.29) is 24.4 Å². The van der Waals surface area contributed by atoms with Crippen LogP contribution in [0.3, 0.4) is 0 Å². The number of halogens is 2. The molecule has 3 nitrogen and oxygen atoms in total. The van der Waals surface area contributed by atoms with E-state index in [9.17, 15) is 4.79 Å². The lowest BCUT2D eigenvalue weighted by Crippen LogP contribution is -2.08. The number of esters is 1. The maximum absolute atomic E-state index is 11.7. The molecule has 0 aliphatic heterocycles. The Bertz CT molecular complexity index is 634. The standard InChI is InChI=1S/C17H18BrNO2.ClH/c1-3-21-17(20)14-7-5-9-16(11-14)19-12(2)13-6-4-8-15(18)10-13;/h4-12,19H,3H2,1-2H3;1H. The highest BCUT2D eigenvalue weighted by Gasteiger charge is 2.09. The van der Waals surface area contributed by atoms with Crippen LogP contribution in [0.1, 0.15) is 35.8 Å². The van der Waals surface area contributed by atoms with Gasteiger partial charge in [-0.1, -0.05) is 34.1 Å². The van der Waals surface area contributed by atoms with Crippen LogP contribution in [0.4, 0.5) is 5.69 Å². The zero-order chi connectivity index (χ0) is 15.2. The van der Waals surface area contributed by atoms with Gasteiger partial charge in [0.15, 0.2) is 0 Å². The number of rotatable bonds is 5. The predicted molar refractivity (Wildman–Crippen MR) is 95.8 cm³/mol. The van der Waals surface area contributed by atoms with Gasteiger partial charge in [0.05, 0.1) is 12.2 Å². The van der Waals surface area contributed by atoms with Crippen LogP contribution in [0.15, 0.2) is 53.0 Å². The average Bonchev–Trinajstić information content (AvgIpc) is 2.48. The van der Waals surface area contributed by atoms with Gasteiger partial charge < -0.3 is 10.1 Å². The first-order chi connectivity index (χ1) is 10.1. The number of ether oxygens (including phenoxy) is 1. The van der Waals surface area contributed by atoms with Crippen LogP contribution in [0, 0.1) is 0 Å². The number of benzene rings is 2. The van der Waals surface area contributed by atoms with Crippen molar-refractivity contribution in [1.29, 1.82) is 0 Å². The van der Waals surface area contributed by atoms with Crippen LogP contribution in [0.2, 0.25) is 0 Å². The fourth-order valence-corrected chi connectivity index (χ4v) is 2.48. The zero-order valence-corrected chi connectivity index (χ0v) is 14.9. The first kappa shape index (κ1) is 18.5. The van der Waals surface area contributed by atoms with E-state index in [1.807, 2.05) is 30.3 Å². The van der Waals surface area contributed by atoms with Crippen LogP contribution in [-0.4, -0.2) is 12.6 Å². The first-order valence-electron chi connectivity index (χ1n) is 6.89. The Balaban J connectivity index is 0.00000242. The minimum absolute atomic E-state index is 0. The third-order valence-corrected chi connectivity index (χ3v) is 3.60. The van der Waals surface area contributed by atoms with Crippen molar-refractivity contribution in [2.24, 2.45) is 0 Å². The van der Waals surface area contributed by atoms with Crippen molar-refractivity contribution in [1.82, 2.24) is 0 Å². The molecule has 0 radical (unpaired) electrons. The molecule has 0 fully saturated rings. The molecule has 118 valence electrons. The monoisotopic (exact) mass is 383 g/mol. The molecule has 2 rings (SSSR count). The Hall–Kier alpha value is -1.52. The van der Waals surface area contributed by atoms with Crippen molar-refractivity contribution in [3.8, 4) is 0 Å². The van der Waals surface area contributed by atoms with Crippen molar-refractivity contribution in [3.63, 3.8) is 0 Å². The van der Waals surface area contributed by atoms with Gasteiger partial charge in [0.25, 0.3) is 0 Å². The summed E-state index contributed by atoms with van der Waals surface area (Å²) in [7, 11) is 0. The quantitative estimate of drug-likeness (QED) is 0.718. The summed E-state index contributed by atoms with van der Waals surface area (Å²) in [6.45, 7) is 4.26. The molecule has 1 atom stereocenters. The Labute approximate surface area is 145 Å². The van der Waals surface area contributed by atoms with Gasteiger partial charge >= 0.3 is 5.97 Å². The lowest BCUT2D eigenvalue weighted by molar-refractivity contribution is 0.0526. The molecule has 1 N–H and O–H groups in total. The van der Waals surface area contributed by atoms with E-state index in [0.717, 1.165) is 10.2 Å². The van der Waals surface area contributed by atoms with Crippen LogP contribution in [-0.2, 0) is 4.74 Å². The van der Waals surface area contributed by atoms with Crippen molar-refractivity contribution in [2.75, 3.05) is 11.9 Å². The fraction of sp³-hybridized carbons (Fsp3) is 0.235. The van der Waals surface area contributed by atoms with Crippen LogP contribution in [0.25, 0.3) is 0 Å². The number of anilines is 1. The maximum Gasteiger partial charge on any atom is 0.338 e. The minimum atomic E-state index is -0.295. The van der Waals surface area contributed by atoms with Crippen molar-refractivity contribution in [3.05, 3.63) is 64.1 Å². The highest BCUT2D eigenvalue weighted by atomic mass is 79.9. The first-order valence-corrected chi connectivity index (χ1v) is 7.68. The normalized spacial score (nSPS) is 11.2. The van der Waals surface area contributed by atoms with Crippen molar-refractivity contribution < 1.29 is 9.53 Å². The molecule has 2 aromatic rings. The highest BCUT2D eigenvalue weighted by Crippen LogP contribution is 2.22. The molecule has 0 aliphatic rings. The summed E-state index contributed by atoms with van der Waals surface area (Å²) in [5.41, 5.74) is 2.63. The fourth-order valence-electron chi connectivity index (χ4n) is 2.06. The molecule has 0 saturated heterocycles. The van der Waals surface area contributed by atoms with Gasteiger partial charge in [-0.2, -0.15) is 0 Å². The van der Waals surface area contributed by atoms with Gasteiger partial charge in [0.2, 0.25) is 0 Å². The molecule has 0 bridgehead atoms. The molecule has 0 heterocycles. The van der Waals surface area contributed by atoms with E-state index in [1.165, 1.54) is 5.56 Å². The molecule has 1 unspecified atom stereocenters. The molecule has 0 spiro atoms. The lowest BCUT2D eigenvalue weighted by atomic mass is 10.1. The van der Waals surface area contributed by atoms with Gasteiger partial charge in [-0.15, -0.1) is 12.4 Å². The molecule has 5 heteroatoms. The Morgan fingerprint density at radius 2 is 1.95 bits per heavy atom. The molecular formula is C17H19BrClNO2. The largest absolute Gasteiger partial charge is 0.462 e. The van der Waals surface area contributed by atoms with Crippen molar-refractivity contribution >= 4 is 40.0 Å². The summed E-state index contributed by atoms with van der Waals surface area (Å²) in [5.74, 6) is -0.295. The second-order valence-electron chi connectivity index (χ2n) is 4.72. The van der Waals surface area contributed by atoms with Crippen LogP contribution in [0.5, 0.6) is 0 Å². The summed E-state index contributed by atoms with van der Waals surface area (Å²) >= 11 is 3.47. The van der Waals surface area contributed by atoms with Crippen LogP contribution >= 0.6 is 28.3 Å². The summed E-state index contributed by atoms with van der Waals surface area (Å²) in [6, 6.07) is 15.6. The van der Waals surface area contributed by atoms with Gasteiger partial charge in [0.1, 0.15) is 0 Å². The summed E-state index contributed by atoms with van der Waals surface area (Å²) in [6.07, 6.45) is 0. The summed E-state index contributed by atoms with van der Waals surface area (Å²) in [5, 5.41) is 3.39. The maximum atomic E-state index is 11.7. The number of hydrogen-bond acceptors (Lipinski definition) is 3.